The van der Waals surface area contributed by atoms with Crippen LogP contribution in [0.3, 0.4) is 0 Å². The minimum absolute atomic E-state index is 0.229. The average Bonchev–Trinajstić information content (AvgIpc) is 3.24. The Kier molecular flexibility index (Phi) is 6.32. The molecule has 0 atom stereocenters. The van der Waals surface area contributed by atoms with Crippen molar-refractivity contribution in [2.24, 2.45) is 0 Å². The Hall–Kier alpha value is -2.03. The first-order valence-corrected chi connectivity index (χ1v) is 13.9. The van der Waals surface area contributed by atoms with Crippen LogP contribution in [-0.4, -0.2) is 49.8 Å². The van der Waals surface area contributed by atoms with E-state index in [1.54, 1.807) is 0 Å². The monoisotopic (exact) mass is 396 g/mol. The highest BCUT2D eigenvalue weighted by atomic mass is 28.3. The molecule has 0 amide bonds. The maximum atomic E-state index is 12.7. The maximum absolute atomic E-state index is 12.7. The standard InChI is InChI=1S/C23H32N2O2Si/c1-6-27-23(26)22-18(2)20-17-19(11-16-28(3,4)5)9-10-21(20)25(22)15-14-24-12-7-8-13-24/h9-10,17H,6-8,12-15H2,1-5H3. The van der Waals surface area contributed by atoms with Crippen molar-refractivity contribution in [2.45, 2.75) is 52.9 Å². The minimum atomic E-state index is -1.43. The molecule has 150 valence electrons. The Labute approximate surface area is 169 Å². The highest BCUT2D eigenvalue weighted by Crippen LogP contribution is 2.28. The molecule has 0 bridgehead atoms. The fraction of sp³-hybridized carbons (Fsp3) is 0.522. The van der Waals surface area contributed by atoms with Gasteiger partial charge < -0.3 is 14.2 Å². The summed E-state index contributed by atoms with van der Waals surface area (Å²) in [6.45, 7) is 15.1. The highest BCUT2D eigenvalue weighted by Gasteiger charge is 2.22. The first kappa shape index (κ1) is 20.7. The van der Waals surface area contributed by atoms with Crippen LogP contribution >= 0.6 is 0 Å². The fourth-order valence-corrected chi connectivity index (χ4v) is 4.32. The molecule has 1 aromatic heterocycles. The van der Waals surface area contributed by atoms with Crippen LogP contribution in [0.4, 0.5) is 0 Å². The Morgan fingerprint density at radius 1 is 1.18 bits per heavy atom. The minimum Gasteiger partial charge on any atom is -0.461 e. The predicted molar refractivity (Wildman–Crippen MR) is 119 cm³/mol. The van der Waals surface area contributed by atoms with Gasteiger partial charge in [0, 0.05) is 29.6 Å². The zero-order chi connectivity index (χ0) is 20.3. The van der Waals surface area contributed by atoms with Gasteiger partial charge in [0.25, 0.3) is 0 Å². The number of nitrogens with zero attached hydrogens (tertiary/aromatic N) is 2. The molecular weight excluding hydrogens is 364 g/mol. The van der Waals surface area contributed by atoms with Crippen LogP contribution in [0.2, 0.25) is 19.6 Å². The summed E-state index contributed by atoms with van der Waals surface area (Å²) >= 11 is 0. The molecule has 0 spiro atoms. The lowest BCUT2D eigenvalue weighted by Gasteiger charge is -2.17. The number of carbonyl (C=O) groups is 1. The van der Waals surface area contributed by atoms with Gasteiger partial charge in [0.1, 0.15) is 13.8 Å². The van der Waals surface area contributed by atoms with Crippen LogP contribution in [-0.2, 0) is 11.3 Å². The molecule has 0 unspecified atom stereocenters. The van der Waals surface area contributed by atoms with Gasteiger partial charge in [-0.25, -0.2) is 4.79 Å². The normalized spacial score (nSPS) is 14.9. The lowest BCUT2D eigenvalue weighted by molar-refractivity contribution is 0.0513. The van der Waals surface area contributed by atoms with Crippen molar-refractivity contribution in [1.82, 2.24) is 9.47 Å². The van der Waals surface area contributed by atoms with Gasteiger partial charge in [-0.15, -0.1) is 5.54 Å². The van der Waals surface area contributed by atoms with Gasteiger partial charge in [-0.1, -0.05) is 25.6 Å². The van der Waals surface area contributed by atoms with E-state index in [1.165, 1.54) is 12.8 Å². The molecule has 0 radical (unpaired) electrons. The Bertz CT molecular complexity index is 922. The van der Waals surface area contributed by atoms with Gasteiger partial charge in [0.2, 0.25) is 0 Å². The van der Waals surface area contributed by atoms with E-state index in [1.807, 2.05) is 13.8 Å². The molecule has 0 N–H and O–H groups in total. The van der Waals surface area contributed by atoms with Crippen molar-refractivity contribution < 1.29 is 9.53 Å². The summed E-state index contributed by atoms with van der Waals surface area (Å²) in [5, 5.41) is 1.10. The van der Waals surface area contributed by atoms with Crippen LogP contribution < -0.4 is 0 Å². The van der Waals surface area contributed by atoms with Crippen molar-refractivity contribution in [3.05, 3.63) is 35.0 Å². The van der Waals surface area contributed by atoms with E-state index in [4.69, 9.17) is 4.74 Å². The summed E-state index contributed by atoms with van der Waals surface area (Å²) in [4.78, 5) is 15.2. The molecule has 1 aliphatic rings. The molecule has 5 heteroatoms. The summed E-state index contributed by atoms with van der Waals surface area (Å²) in [7, 11) is -1.43. The molecule has 1 fully saturated rings. The topological polar surface area (TPSA) is 34.5 Å². The molecule has 1 aromatic carbocycles. The second-order valence-corrected chi connectivity index (χ2v) is 13.4. The van der Waals surface area contributed by atoms with Crippen molar-refractivity contribution in [3.8, 4) is 11.5 Å². The molecule has 2 heterocycles. The molecule has 3 rings (SSSR count). The number of hydrogen-bond donors (Lipinski definition) is 0. The lowest BCUT2D eigenvalue weighted by Crippen LogP contribution is -2.25. The number of aromatic nitrogens is 1. The van der Waals surface area contributed by atoms with Crippen LogP contribution in [0, 0.1) is 18.4 Å². The molecule has 4 nitrogen and oxygen atoms in total. The number of benzene rings is 1. The third-order valence-electron chi connectivity index (χ3n) is 5.21. The maximum Gasteiger partial charge on any atom is 0.355 e. The van der Waals surface area contributed by atoms with E-state index in [9.17, 15) is 4.79 Å². The van der Waals surface area contributed by atoms with Gasteiger partial charge >= 0.3 is 5.97 Å². The van der Waals surface area contributed by atoms with Crippen LogP contribution in [0.1, 0.15) is 41.4 Å². The van der Waals surface area contributed by atoms with Gasteiger partial charge in [-0.3, -0.25) is 0 Å². The second kappa shape index (κ2) is 8.55. The Morgan fingerprint density at radius 2 is 1.89 bits per heavy atom. The van der Waals surface area contributed by atoms with E-state index in [2.05, 4.69) is 58.8 Å². The third kappa shape index (κ3) is 4.68. The zero-order valence-electron chi connectivity index (χ0n) is 17.9. The van der Waals surface area contributed by atoms with Crippen molar-refractivity contribution >= 4 is 24.9 Å². The van der Waals surface area contributed by atoms with Crippen molar-refractivity contribution in [1.29, 1.82) is 0 Å². The van der Waals surface area contributed by atoms with E-state index in [-0.39, 0.29) is 5.97 Å². The third-order valence-corrected chi connectivity index (χ3v) is 6.08. The summed E-state index contributed by atoms with van der Waals surface area (Å²) < 4.78 is 7.53. The molecule has 1 saturated heterocycles. The van der Waals surface area contributed by atoms with Crippen LogP contribution in [0.5, 0.6) is 0 Å². The van der Waals surface area contributed by atoms with Gasteiger partial charge in [-0.2, -0.15) is 0 Å². The predicted octanol–water partition coefficient (Wildman–Crippen LogP) is 4.45. The lowest BCUT2D eigenvalue weighted by atomic mass is 10.1. The van der Waals surface area contributed by atoms with E-state index >= 15 is 0 Å². The number of carbonyl (C=O) groups excluding carboxylic acids is 1. The second-order valence-electron chi connectivity index (χ2n) is 8.63. The van der Waals surface area contributed by atoms with Gasteiger partial charge in [-0.05, 0) is 63.5 Å². The number of esters is 1. The smallest absolute Gasteiger partial charge is 0.355 e. The number of rotatable bonds is 5. The first-order chi connectivity index (χ1) is 13.3. The molecular formula is C23H32N2O2Si. The highest BCUT2D eigenvalue weighted by molar-refractivity contribution is 6.83. The largest absolute Gasteiger partial charge is 0.461 e. The molecule has 0 saturated carbocycles. The quantitative estimate of drug-likeness (QED) is 0.425. The van der Waals surface area contributed by atoms with E-state index in [0.29, 0.717) is 12.3 Å². The fourth-order valence-electron chi connectivity index (χ4n) is 3.80. The number of hydrogen-bond acceptors (Lipinski definition) is 3. The van der Waals surface area contributed by atoms with Gasteiger partial charge in [0.05, 0.1) is 6.61 Å². The zero-order valence-corrected chi connectivity index (χ0v) is 18.9. The number of fused-ring (bicyclic) bond motifs is 1. The Balaban J connectivity index is 2.02. The molecule has 0 aliphatic carbocycles. The number of ether oxygens (including phenoxy) is 1. The number of likely N-dealkylation sites (tertiary alicyclic amines) is 1. The first-order valence-electron chi connectivity index (χ1n) is 10.4. The number of aryl methyl sites for hydroxylation is 1. The van der Waals surface area contributed by atoms with Crippen molar-refractivity contribution in [3.63, 3.8) is 0 Å². The Morgan fingerprint density at radius 3 is 2.54 bits per heavy atom. The molecule has 2 aromatic rings. The van der Waals surface area contributed by atoms with Crippen LogP contribution in [0.25, 0.3) is 10.9 Å². The van der Waals surface area contributed by atoms with Crippen LogP contribution in [0.15, 0.2) is 18.2 Å². The average molecular weight is 397 g/mol. The summed E-state index contributed by atoms with van der Waals surface area (Å²) in [5.74, 6) is 3.11. The molecule has 1 aliphatic heterocycles. The van der Waals surface area contributed by atoms with E-state index < -0.39 is 8.07 Å². The summed E-state index contributed by atoms with van der Waals surface area (Å²) in [5.41, 5.74) is 7.23. The SMILES string of the molecule is CCOC(=O)c1c(C)c2cc(C#C[Si](C)(C)C)ccc2n1CCN1CCCC1. The summed E-state index contributed by atoms with van der Waals surface area (Å²) in [6, 6.07) is 6.33. The van der Waals surface area contributed by atoms with Gasteiger partial charge in [0.15, 0.2) is 0 Å². The summed E-state index contributed by atoms with van der Waals surface area (Å²) in [6.07, 6.45) is 2.55. The van der Waals surface area contributed by atoms with E-state index in [0.717, 1.165) is 48.2 Å². The van der Waals surface area contributed by atoms with Crippen molar-refractivity contribution in [2.75, 3.05) is 26.2 Å². The molecule has 28 heavy (non-hydrogen) atoms.